The molecular formula is C15H19N3O3. The molecule has 0 aliphatic rings. The number of hydrazine groups is 1. The molecule has 0 bridgehead atoms. The molecule has 0 atom stereocenters. The van der Waals surface area contributed by atoms with E-state index in [1.54, 1.807) is 18.2 Å². The minimum Gasteiger partial charge on any atom is -0.476 e. The summed E-state index contributed by atoms with van der Waals surface area (Å²) in [6.45, 7) is 4.18. The summed E-state index contributed by atoms with van der Waals surface area (Å²) in [5, 5.41) is 8.80. The van der Waals surface area contributed by atoms with Crippen LogP contribution < -0.4 is 21.7 Å². The van der Waals surface area contributed by atoms with E-state index < -0.39 is 11.7 Å². The van der Waals surface area contributed by atoms with Gasteiger partial charge in [-0.25, -0.2) is 10.6 Å². The first-order chi connectivity index (χ1) is 9.93. The predicted molar refractivity (Wildman–Crippen MR) is 79.6 cm³/mol. The van der Waals surface area contributed by atoms with Gasteiger partial charge in [0.15, 0.2) is 5.70 Å². The molecule has 0 saturated carbocycles. The van der Waals surface area contributed by atoms with Crippen molar-refractivity contribution in [2.75, 3.05) is 0 Å². The Balaban J connectivity index is 2.92. The monoisotopic (exact) mass is 289 g/mol. The van der Waals surface area contributed by atoms with Crippen LogP contribution in [-0.2, 0) is 4.79 Å². The highest BCUT2D eigenvalue weighted by Gasteiger charge is 2.12. The number of ether oxygens (including phenoxy) is 1. The average Bonchev–Trinajstić information content (AvgIpc) is 2.44. The van der Waals surface area contributed by atoms with Crippen molar-refractivity contribution < 1.29 is 14.6 Å². The molecule has 0 aliphatic carbocycles. The number of hydrogen-bond acceptors (Lipinski definition) is 5. The lowest BCUT2D eigenvalue weighted by Crippen LogP contribution is -2.31. The van der Waals surface area contributed by atoms with Crippen LogP contribution in [0.1, 0.15) is 25.8 Å². The first-order valence-corrected chi connectivity index (χ1v) is 6.40. The Kier molecular flexibility index (Phi) is 6.11. The number of carboxylic acids is 1. The maximum absolute atomic E-state index is 10.8. The van der Waals surface area contributed by atoms with Crippen molar-refractivity contribution in [2.45, 2.75) is 20.3 Å². The van der Waals surface area contributed by atoms with Crippen LogP contribution in [0.25, 0.3) is 0 Å². The highest BCUT2D eigenvalue weighted by molar-refractivity contribution is 5.85. The molecule has 0 aromatic heterocycles. The van der Waals surface area contributed by atoms with Crippen molar-refractivity contribution in [3.05, 3.63) is 41.4 Å². The molecule has 0 unspecified atom stereocenters. The first-order valence-electron chi connectivity index (χ1n) is 6.40. The van der Waals surface area contributed by atoms with Gasteiger partial charge in [0.05, 0.1) is 0 Å². The van der Waals surface area contributed by atoms with Gasteiger partial charge in [0.25, 0.3) is 0 Å². The summed E-state index contributed by atoms with van der Waals surface area (Å²) in [5.74, 6) is 10.6. The van der Waals surface area contributed by atoms with E-state index in [0.29, 0.717) is 11.7 Å². The number of benzene rings is 1. The van der Waals surface area contributed by atoms with E-state index in [2.05, 4.69) is 31.1 Å². The molecular weight excluding hydrogens is 270 g/mol. The third-order valence-electron chi connectivity index (χ3n) is 2.40. The zero-order valence-corrected chi connectivity index (χ0v) is 12.0. The Morgan fingerprint density at radius 3 is 2.76 bits per heavy atom. The Morgan fingerprint density at radius 2 is 2.19 bits per heavy atom. The standard InChI is InChI=1S/C15H19N3O3/c1-10(2)5-3-6-11-7-4-8-12(9-11)21-14(18-17)13(16)15(19)20/h4,7-10,18H,5,16-17H2,1-2H3,(H,19,20)/b14-13+. The number of nitrogens with one attached hydrogen (secondary N) is 1. The molecule has 1 aromatic rings. The number of rotatable bonds is 5. The van der Waals surface area contributed by atoms with Gasteiger partial charge in [-0.15, -0.1) is 0 Å². The Hall–Kier alpha value is -2.65. The summed E-state index contributed by atoms with van der Waals surface area (Å²) in [6.07, 6.45) is 0.798. The van der Waals surface area contributed by atoms with Gasteiger partial charge < -0.3 is 15.6 Å². The third-order valence-corrected chi connectivity index (χ3v) is 2.40. The van der Waals surface area contributed by atoms with Crippen molar-refractivity contribution in [2.24, 2.45) is 17.5 Å². The minimum atomic E-state index is -1.32. The second kappa shape index (κ2) is 7.82. The van der Waals surface area contributed by atoms with E-state index in [1.165, 1.54) is 0 Å². The lowest BCUT2D eigenvalue weighted by Gasteiger charge is -2.10. The quantitative estimate of drug-likeness (QED) is 0.213. The second-order valence-corrected chi connectivity index (χ2v) is 4.72. The highest BCUT2D eigenvalue weighted by Crippen LogP contribution is 2.15. The smallest absolute Gasteiger partial charge is 0.357 e. The van der Waals surface area contributed by atoms with E-state index in [9.17, 15) is 4.79 Å². The van der Waals surface area contributed by atoms with Crippen LogP contribution in [0.15, 0.2) is 35.8 Å². The molecule has 0 aliphatic heterocycles. The maximum atomic E-state index is 10.8. The van der Waals surface area contributed by atoms with Gasteiger partial charge in [-0.2, -0.15) is 0 Å². The SMILES string of the molecule is CC(C)CC#Cc1cccc(O/C(NN)=C(/N)C(=O)O)c1. The number of hydrogen-bond donors (Lipinski definition) is 4. The largest absolute Gasteiger partial charge is 0.476 e. The molecule has 6 nitrogen and oxygen atoms in total. The number of nitrogens with two attached hydrogens (primary N) is 2. The van der Waals surface area contributed by atoms with Crippen LogP contribution in [0, 0.1) is 17.8 Å². The van der Waals surface area contributed by atoms with Gasteiger partial charge in [-0.3, -0.25) is 5.43 Å². The lowest BCUT2D eigenvalue weighted by atomic mass is 10.1. The van der Waals surface area contributed by atoms with Crippen LogP contribution in [0.3, 0.4) is 0 Å². The summed E-state index contributed by atoms with van der Waals surface area (Å²) in [7, 11) is 0. The van der Waals surface area contributed by atoms with Gasteiger partial charge in [0.1, 0.15) is 5.75 Å². The fraction of sp³-hybridized carbons (Fsp3) is 0.267. The highest BCUT2D eigenvalue weighted by atomic mass is 16.5. The minimum absolute atomic E-state index is 0.227. The van der Waals surface area contributed by atoms with E-state index in [1.807, 2.05) is 6.07 Å². The summed E-state index contributed by atoms with van der Waals surface area (Å²) in [5.41, 5.74) is 7.74. The lowest BCUT2D eigenvalue weighted by molar-refractivity contribution is -0.132. The molecule has 21 heavy (non-hydrogen) atoms. The van der Waals surface area contributed by atoms with Gasteiger partial charge >= 0.3 is 5.97 Å². The number of carboxylic acid groups (broad SMARTS) is 1. The van der Waals surface area contributed by atoms with Gasteiger partial charge in [0.2, 0.25) is 5.88 Å². The zero-order valence-electron chi connectivity index (χ0n) is 12.0. The van der Waals surface area contributed by atoms with E-state index >= 15 is 0 Å². The van der Waals surface area contributed by atoms with Crippen molar-refractivity contribution in [1.82, 2.24) is 5.43 Å². The number of aliphatic carboxylic acids is 1. The predicted octanol–water partition coefficient (Wildman–Crippen LogP) is 1.14. The molecule has 0 fully saturated rings. The first kappa shape index (κ1) is 16.4. The molecule has 0 heterocycles. The molecule has 1 aromatic carbocycles. The van der Waals surface area contributed by atoms with Crippen LogP contribution in [0.5, 0.6) is 5.75 Å². The molecule has 1 rings (SSSR count). The molecule has 6 N–H and O–H groups in total. The van der Waals surface area contributed by atoms with Gasteiger partial charge in [0, 0.05) is 12.0 Å². The second-order valence-electron chi connectivity index (χ2n) is 4.72. The fourth-order valence-electron chi connectivity index (χ4n) is 1.37. The third kappa shape index (κ3) is 5.47. The number of carbonyl (C=O) groups is 1. The van der Waals surface area contributed by atoms with Crippen LogP contribution in [0.4, 0.5) is 0 Å². The summed E-state index contributed by atoms with van der Waals surface area (Å²) in [6, 6.07) is 6.92. The molecule has 0 radical (unpaired) electrons. The zero-order chi connectivity index (χ0) is 15.8. The van der Waals surface area contributed by atoms with Crippen molar-refractivity contribution in [3.63, 3.8) is 0 Å². The van der Waals surface area contributed by atoms with Crippen molar-refractivity contribution >= 4 is 5.97 Å². The van der Waals surface area contributed by atoms with Gasteiger partial charge in [-0.05, 0) is 24.1 Å². The Bertz CT molecular complexity index is 598. The molecule has 0 amide bonds. The molecule has 0 saturated heterocycles. The maximum Gasteiger partial charge on any atom is 0.357 e. The topological polar surface area (TPSA) is 111 Å². The van der Waals surface area contributed by atoms with Crippen molar-refractivity contribution in [3.8, 4) is 17.6 Å². The Morgan fingerprint density at radius 1 is 1.48 bits per heavy atom. The van der Waals surface area contributed by atoms with Crippen LogP contribution in [0.2, 0.25) is 0 Å². The van der Waals surface area contributed by atoms with Crippen LogP contribution in [-0.4, -0.2) is 11.1 Å². The van der Waals surface area contributed by atoms with E-state index in [4.69, 9.17) is 21.4 Å². The molecule has 6 heteroatoms. The summed E-state index contributed by atoms with van der Waals surface area (Å²) >= 11 is 0. The van der Waals surface area contributed by atoms with Crippen molar-refractivity contribution in [1.29, 1.82) is 0 Å². The van der Waals surface area contributed by atoms with Gasteiger partial charge in [-0.1, -0.05) is 31.8 Å². The summed E-state index contributed by atoms with van der Waals surface area (Å²) in [4.78, 5) is 10.8. The molecule has 112 valence electrons. The normalized spacial score (nSPS) is 11.2. The summed E-state index contributed by atoms with van der Waals surface area (Å²) < 4.78 is 5.32. The average molecular weight is 289 g/mol. The van der Waals surface area contributed by atoms with Crippen LogP contribution >= 0.6 is 0 Å². The Labute approximate surface area is 123 Å². The molecule has 0 spiro atoms. The van der Waals surface area contributed by atoms with E-state index in [0.717, 1.165) is 12.0 Å². The fourth-order valence-corrected chi connectivity index (χ4v) is 1.37. The van der Waals surface area contributed by atoms with E-state index in [-0.39, 0.29) is 5.88 Å².